The van der Waals surface area contributed by atoms with Crippen LogP contribution in [0.1, 0.15) is 21.5 Å². The first-order valence-corrected chi connectivity index (χ1v) is 9.09. The molecule has 0 radical (unpaired) electrons. The number of carbonyl (C=O) groups excluding carboxylic acids is 1. The number of rotatable bonds is 4. The van der Waals surface area contributed by atoms with E-state index >= 15 is 0 Å². The minimum absolute atomic E-state index is 0.196. The molecular weight excluding hydrogens is 336 g/mol. The van der Waals surface area contributed by atoms with Crippen molar-refractivity contribution >= 4 is 38.9 Å². The van der Waals surface area contributed by atoms with E-state index in [9.17, 15) is 13.2 Å². The van der Waals surface area contributed by atoms with Crippen LogP contribution >= 0.6 is 11.6 Å². The van der Waals surface area contributed by atoms with Gasteiger partial charge in [-0.05, 0) is 49.2 Å². The molecule has 2 aromatic carbocycles. The van der Waals surface area contributed by atoms with E-state index in [1.807, 2.05) is 26.0 Å². The first-order chi connectivity index (χ1) is 10.7. The molecule has 0 fully saturated rings. The van der Waals surface area contributed by atoms with Gasteiger partial charge in [-0.1, -0.05) is 23.7 Å². The van der Waals surface area contributed by atoms with E-state index in [4.69, 9.17) is 11.6 Å². The van der Waals surface area contributed by atoms with Crippen LogP contribution in [-0.2, 0) is 10.0 Å². The minimum atomic E-state index is -3.43. The van der Waals surface area contributed by atoms with Crippen LogP contribution < -0.4 is 10.0 Å². The molecular formula is C16H17ClN2O3S. The van der Waals surface area contributed by atoms with Gasteiger partial charge in [-0.2, -0.15) is 0 Å². The van der Waals surface area contributed by atoms with Crippen molar-refractivity contribution in [2.24, 2.45) is 0 Å². The lowest BCUT2D eigenvalue weighted by Crippen LogP contribution is -2.15. The summed E-state index contributed by atoms with van der Waals surface area (Å²) < 4.78 is 24.9. The van der Waals surface area contributed by atoms with Crippen LogP contribution in [0.3, 0.4) is 0 Å². The smallest absolute Gasteiger partial charge is 0.257 e. The van der Waals surface area contributed by atoms with Crippen molar-refractivity contribution in [2.75, 3.05) is 16.3 Å². The normalized spacial score (nSPS) is 11.1. The third-order valence-corrected chi connectivity index (χ3v) is 4.30. The molecule has 1 amide bonds. The van der Waals surface area contributed by atoms with E-state index in [1.165, 1.54) is 18.2 Å². The number of carbonyl (C=O) groups is 1. The number of hydrogen-bond donors (Lipinski definition) is 2. The fourth-order valence-electron chi connectivity index (χ4n) is 2.05. The van der Waals surface area contributed by atoms with E-state index in [0.29, 0.717) is 5.69 Å². The zero-order chi connectivity index (χ0) is 17.2. The van der Waals surface area contributed by atoms with Gasteiger partial charge >= 0.3 is 0 Å². The number of amides is 1. The molecule has 7 heteroatoms. The molecule has 0 saturated heterocycles. The maximum atomic E-state index is 12.4. The van der Waals surface area contributed by atoms with Gasteiger partial charge in [-0.3, -0.25) is 9.52 Å². The molecule has 122 valence electrons. The lowest BCUT2D eigenvalue weighted by atomic mass is 10.1. The van der Waals surface area contributed by atoms with Crippen molar-refractivity contribution in [2.45, 2.75) is 13.8 Å². The fourth-order valence-corrected chi connectivity index (χ4v) is 2.81. The van der Waals surface area contributed by atoms with Crippen molar-refractivity contribution in [3.63, 3.8) is 0 Å². The van der Waals surface area contributed by atoms with E-state index in [2.05, 4.69) is 10.0 Å². The van der Waals surface area contributed by atoms with Gasteiger partial charge in [0, 0.05) is 11.4 Å². The Morgan fingerprint density at radius 3 is 2.48 bits per heavy atom. The number of anilines is 2. The SMILES string of the molecule is Cc1cccc(NC(=O)c2cc(NS(C)(=O)=O)ccc2Cl)c1C. The topological polar surface area (TPSA) is 75.3 Å². The summed E-state index contributed by atoms with van der Waals surface area (Å²) >= 11 is 6.06. The van der Waals surface area contributed by atoms with Crippen LogP contribution in [0.2, 0.25) is 5.02 Å². The fraction of sp³-hybridized carbons (Fsp3) is 0.188. The Bertz CT molecular complexity index is 864. The summed E-state index contributed by atoms with van der Waals surface area (Å²) in [5.74, 6) is -0.402. The third-order valence-electron chi connectivity index (χ3n) is 3.37. The number of aryl methyl sites for hydroxylation is 1. The first-order valence-electron chi connectivity index (χ1n) is 6.82. The molecule has 0 bridgehead atoms. The Morgan fingerprint density at radius 2 is 1.83 bits per heavy atom. The van der Waals surface area contributed by atoms with Gasteiger partial charge in [0.05, 0.1) is 16.8 Å². The van der Waals surface area contributed by atoms with Crippen molar-refractivity contribution < 1.29 is 13.2 Å². The van der Waals surface area contributed by atoms with E-state index in [0.717, 1.165) is 17.4 Å². The van der Waals surface area contributed by atoms with Gasteiger partial charge in [-0.15, -0.1) is 0 Å². The highest BCUT2D eigenvalue weighted by atomic mass is 35.5. The maximum absolute atomic E-state index is 12.4. The molecule has 0 aliphatic carbocycles. The molecule has 0 saturated carbocycles. The summed E-state index contributed by atoms with van der Waals surface area (Å²) in [6, 6.07) is 9.98. The number of nitrogens with one attached hydrogen (secondary N) is 2. The number of halogens is 1. The van der Waals surface area contributed by atoms with Gasteiger partial charge in [0.1, 0.15) is 0 Å². The van der Waals surface area contributed by atoms with Crippen LogP contribution in [-0.4, -0.2) is 20.6 Å². The number of hydrogen-bond acceptors (Lipinski definition) is 3. The molecule has 0 aliphatic rings. The molecule has 0 aliphatic heterocycles. The highest BCUT2D eigenvalue weighted by Crippen LogP contribution is 2.24. The predicted octanol–water partition coefficient (Wildman–Crippen LogP) is 3.58. The second kappa shape index (κ2) is 6.60. The third kappa shape index (κ3) is 4.46. The monoisotopic (exact) mass is 352 g/mol. The Morgan fingerprint density at radius 1 is 1.13 bits per heavy atom. The quantitative estimate of drug-likeness (QED) is 0.883. The zero-order valence-electron chi connectivity index (χ0n) is 13.0. The Hall–Kier alpha value is -2.05. The predicted molar refractivity (Wildman–Crippen MR) is 93.8 cm³/mol. The van der Waals surface area contributed by atoms with Crippen molar-refractivity contribution in [3.05, 3.63) is 58.1 Å². The summed E-state index contributed by atoms with van der Waals surface area (Å²) in [6.07, 6.45) is 1.04. The van der Waals surface area contributed by atoms with Crippen molar-refractivity contribution in [1.82, 2.24) is 0 Å². The van der Waals surface area contributed by atoms with Crippen LogP contribution in [0.4, 0.5) is 11.4 Å². The zero-order valence-corrected chi connectivity index (χ0v) is 14.5. The number of sulfonamides is 1. The standard InChI is InChI=1S/C16H17ClN2O3S/c1-10-5-4-6-15(11(10)2)18-16(20)13-9-12(7-8-14(13)17)19-23(3,21)22/h4-9,19H,1-3H3,(H,18,20). The van der Waals surface area contributed by atoms with E-state index in [1.54, 1.807) is 6.07 Å². The van der Waals surface area contributed by atoms with Gasteiger partial charge < -0.3 is 5.32 Å². The van der Waals surface area contributed by atoms with Crippen LogP contribution in [0.5, 0.6) is 0 Å². The lowest BCUT2D eigenvalue weighted by molar-refractivity contribution is 0.102. The Labute approximate surface area is 140 Å². The molecule has 0 aromatic heterocycles. The molecule has 0 spiro atoms. The molecule has 0 unspecified atom stereocenters. The van der Waals surface area contributed by atoms with Crippen LogP contribution in [0.15, 0.2) is 36.4 Å². The average molecular weight is 353 g/mol. The van der Waals surface area contributed by atoms with Gasteiger partial charge in [0.25, 0.3) is 5.91 Å². The molecule has 0 heterocycles. The molecule has 0 atom stereocenters. The lowest BCUT2D eigenvalue weighted by Gasteiger charge is -2.12. The average Bonchev–Trinajstić information content (AvgIpc) is 2.44. The molecule has 23 heavy (non-hydrogen) atoms. The van der Waals surface area contributed by atoms with Gasteiger partial charge in [0.15, 0.2) is 0 Å². The summed E-state index contributed by atoms with van der Waals surface area (Å²) in [7, 11) is -3.43. The second-order valence-corrected chi connectivity index (χ2v) is 7.43. The largest absolute Gasteiger partial charge is 0.322 e. The van der Waals surface area contributed by atoms with Crippen LogP contribution in [0, 0.1) is 13.8 Å². The highest BCUT2D eigenvalue weighted by Gasteiger charge is 2.14. The number of benzene rings is 2. The summed E-state index contributed by atoms with van der Waals surface area (Å²) in [6.45, 7) is 3.86. The first kappa shape index (κ1) is 17.3. The highest BCUT2D eigenvalue weighted by molar-refractivity contribution is 7.92. The van der Waals surface area contributed by atoms with E-state index < -0.39 is 15.9 Å². The summed E-state index contributed by atoms with van der Waals surface area (Å²) in [5.41, 5.74) is 3.18. The van der Waals surface area contributed by atoms with Gasteiger partial charge in [0.2, 0.25) is 10.0 Å². The molecule has 2 aromatic rings. The molecule has 5 nitrogen and oxygen atoms in total. The van der Waals surface area contributed by atoms with E-state index in [-0.39, 0.29) is 16.3 Å². The van der Waals surface area contributed by atoms with Gasteiger partial charge in [-0.25, -0.2) is 8.42 Å². The molecule has 2 rings (SSSR count). The van der Waals surface area contributed by atoms with Crippen LogP contribution in [0.25, 0.3) is 0 Å². The minimum Gasteiger partial charge on any atom is -0.322 e. The van der Waals surface area contributed by atoms with Crippen molar-refractivity contribution in [3.8, 4) is 0 Å². The summed E-state index contributed by atoms with van der Waals surface area (Å²) in [4.78, 5) is 12.4. The summed E-state index contributed by atoms with van der Waals surface area (Å²) in [5, 5.41) is 3.04. The maximum Gasteiger partial charge on any atom is 0.257 e. The van der Waals surface area contributed by atoms with Crippen molar-refractivity contribution in [1.29, 1.82) is 0 Å². The second-order valence-electron chi connectivity index (χ2n) is 5.27. The molecule has 2 N–H and O–H groups in total. The Balaban J connectivity index is 2.32. The Kier molecular flexibility index (Phi) is 4.97.